The predicted molar refractivity (Wildman–Crippen MR) is 280 cm³/mol. The molecule has 2 atom stereocenters. The van der Waals surface area contributed by atoms with Crippen molar-refractivity contribution in [3.05, 3.63) is 211 Å². The number of carbonyl (C=O) groups is 2. The maximum Gasteiger partial charge on any atom is 0.338 e. The molecule has 0 saturated carbocycles. The Hall–Kier alpha value is -6.38. The molecule has 0 aromatic heterocycles. The van der Waals surface area contributed by atoms with Crippen LogP contribution in [0.4, 0.5) is 0 Å². The van der Waals surface area contributed by atoms with Crippen LogP contribution in [0.15, 0.2) is 168 Å². The molecule has 6 aliphatic rings. The molecule has 0 spiro atoms. The van der Waals surface area contributed by atoms with Crippen LogP contribution in [-0.4, -0.2) is 78.0 Å². The van der Waals surface area contributed by atoms with Crippen LogP contribution < -0.4 is 18.9 Å². The molecule has 2 unspecified atom stereocenters. The number of benzene rings is 6. The highest BCUT2D eigenvalue weighted by Gasteiger charge is 2.55. The second kappa shape index (κ2) is 23.9. The van der Waals surface area contributed by atoms with Crippen LogP contribution >= 0.6 is 46.4 Å². The minimum atomic E-state index is -1.21. The molecule has 12 rings (SSSR count). The van der Waals surface area contributed by atoms with E-state index in [2.05, 4.69) is 0 Å². The molecular formula is C58H52Cl4O12. The molecule has 0 amide bonds. The first kappa shape index (κ1) is 52.5. The summed E-state index contributed by atoms with van der Waals surface area (Å²) < 4.78 is 62.1. The summed E-state index contributed by atoms with van der Waals surface area (Å²) in [6.45, 7) is 4.37. The van der Waals surface area contributed by atoms with Crippen molar-refractivity contribution >= 4 is 58.3 Å². The molecule has 6 aromatic rings. The highest BCUT2D eigenvalue weighted by molar-refractivity contribution is 6.31. The highest BCUT2D eigenvalue weighted by atomic mass is 35.5. The Morgan fingerprint density at radius 3 is 0.865 bits per heavy atom. The molecule has 384 valence electrons. The molecule has 0 N–H and O–H groups in total. The molecule has 16 heteroatoms. The van der Waals surface area contributed by atoms with Gasteiger partial charge in [0.2, 0.25) is 0 Å². The number of hydrogen-bond acceptors (Lipinski definition) is 12. The Morgan fingerprint density at radius 1 is 0.351 bits per heavy atom. The zero-order chi connectivity index (χ0) is 51.7. The van der Waals surface area contributed by atoms with Gasteiger partial charge >= 0.3 is 11.9 Å². The molecule has 0 radical (unpaired) electrons. The molecule has 0 saturated heterocycles. The van der Waals surface area contributed by atoms with Gasteiger partial charge in [0.25, 0.3) is 0 Å². The van der Waals surface area contributed by atoms with Gasteiger partial charge in [0.15, 0.2) is 11.2 Å². The molecule has 6 aromatic carbocycles. The second-order valence-electron chi connectivity index (χ2n) is 17.5. The van der Waals surface area contributed by atoms with Crippen molar-refractivity contribution in [1.82, 2.24) is 0 Å². The van der Waals surface area contributed by atoms with E-state index < -0.39 is 35.0 Å². The average Bonchev–Trinajstić information content (AvgIpc) is 3.88. The lowest BCUT2D eigenvalue weighted by atomic mass is 9.74. The first-order valence-corrected chi connectivity index (χ1v) is 25.5. The third-order valence-corrected chi connectivity index (χ3v) is 14.0. The molecule has 6 aliphatic heterocycles. The lowest BCUT2D eigenvalue weighted by Crippen LogP contribution is -2.40. The van der Waals surface area contributed by atoms with E-state index in [1.165, 1.54) is 0 Å². The minimum absolute atomic E-state index is 0.0581. The number of carbonyl (C=O) groups excluding carboxylic acids is 2. The van der Waals surface area contributed by atoms with Crippen LogP contribution in [0.1, 0.15) is 36.1 Å². The van der Waals surface area contributed by atoms with Crippen molar-refractivity contribution in [3.63, 3.8) is 0 Å². The zero-order valence-corrected chi connectivity index (χ0v) is 43.5. The van der Waals surface area contributed by atoms with Crippen molar-refractivity contribution in [2.45, 2.75) is 25.0 Å². The van der Waals surface area contributed by atoms with E-state index >= 15 is 0 Å². The van der Waals surface area contributed by atoms with Crippen LogP contribution in [0.5, 0.6) is 23.0 Å². The fourth-order valence-corrected chi connectivity index (χ4v) is 10.1. The van der Waals surface area contributed by atoms with Crippen LogP contribution in [0.2, 0.25) is 20.1 Å². The summed E-state index contributed by atoms with van der Waals surface area (Å²) in [5.74, 6) is 0.507. The molecule has 74 heavy (non-hydrogen) atoms. The van der Waals surface area contributed by atoms with Gasteiger partial charge in [0.05, 0.1) is 49.4 Å². The molecule has 6 heterocycles. The zero-order valence-electron chi connectivity index (χ0n) is 40.5. The Morgan fingerprint density at radius 2 is 0.595 bits per heavy atom. The quantitative estimate of drug-likeness (QED) is 0.156. The van der Waals surface area contributed by atoms with Gasteiger partial charge in [-0.1, -0.05) is 94.9 Å². The first-order valence-electron chi connectivity index (χ1n) is 24.0. The van der Waals surface area contributed by atoms with Gasteiger partial charge in [0, 0.05) is 42.3 Å². The molecule has 0 fully saturated rings. The Balaban J connectivity index is 0.941. The van der Waals surface area contributed by atoms with E-state index in [0.29, 0.717) is 65.8 Å². The third-order valence-electron chi connectivity index (χ3n) is 13.0. The minimum Gasteiger partial charge on any atom is -0.491 e. The summed E-state index contributed by atoms with van der Waals surface area (Å²) in [5, 5.41) is 2.17. The Kier molecular flexibility index (Phi) is 16.9. The van der Waals surface area contributed by atoms with E-state index in [9.17, 15) is 9.59 Å². The lowest BCUT2D eigenvalue weighted by Gasteiger charge is -2.37. The van der Waals surface area contributed by atoms with Crippen LogP contribution in [0.3, 0.4) is 0 Å². The fourth-order valence-electron chi connectivity index (χ4n) is 9.62. The van der Waals surface area contributed by atoms with E-state index in [1.54, 1.807) is 111 Å². The van der Waals surface area contributed by atoms with Crippen molar-refractivity contribution in [3.8, 4) is 23.0 Å². The number of allylic oxidation sites excluding steroid dienone is 2. The Bertz CT molecular complexity index is 2650. The number of esters is 2. The number of hydrogen-bond donors (Lipinski definition) is 0. The van der Waals surface area contributed by atoms with Crippen LogP contribution in [0.25, 0.3) is 0 Å². The average molecular weight is 1080 g/mol. The number of halogens is 4. The van der Waals surface area contributed by atoms with Gasteiger partial charge in [-0.3, -0.25) is 0 Å². The monoisotopic (exact) mass is 1080 g/mol. The molecule has 4 bridgehead atoms. The van der Waals surface area contributed by atoms with E-state index in [4.69, 9.17) is 93.8 Å². The van der Waals surface area contributed by atoms with Gasteiger partial charge in [-0.2, -0.15) is 0 Å². The maximum atomic E-state index is 14.2. The van der Waals surface area contributed by atoms with E-state index in [-0.39, 0.29) is 66.1 Å². The number of rotatable bonds is 4. The SMILES string of the molecule is CC1=C2C(=O)OCCOc3ccc(cc3)OCCOC(=O)C3=C(C)OC(c4ccc(Cl)cc4)(c4ccc(Cl)cc4)C3COCCOc3ccc(cc3)OCCOCC2C(c2ccc(Cl)cc2)(c2ccc(Cl)cc2)O1. The summed E-state index contributed by atoms with van der Waals surface area (Å²) in [7, 11) is 0. The predicted octanol–water partition coefficient (Wildman–Crippen LogP) is 12.4. The van der Waals surface area contributed by atoms with Gasteiger partial charge in [0.1, 0.15) is 74.2 Å². The summed E-state index contributed by atoms with van der Waals surface area (Å²) in [6.07, 6.45) is 0. The van der Waals surface area contributed by atoms with Gasteiger partial charge in [-0.05, 0) is 111 Å². The Labute approximate surface area is 449 Å². The first-order chi connectivity index (χ1) is 35.9. The third kappa shape index (κ3) is 11.6. The van der Waals surface area contributed by atoms with Gasteiger partial charge in [-0.25, -0.2) is 9.59 Å². The highest BCUT2D eigenvalue weighted by Crippen LogP contribution is 2.53. The maximum absolute atomic E-state index is 14.2. The van der Waals surface area contributed by atoms with Crippen molar-refractivity contribution < 1.29 is 57.0 Å². The van der Waals surface area contributed by atoms with E-state index in [1.807, 2.05) is 48.5 Å². The smallest absolute Gasteiger partial charge is 0.338 e. The van der Waals surface area contributed by atoms with Gasteiger partial charge < -0.3 is 47.4 Å². The molecule has 0 aliphatic carbocycles. The summed E-state index contributed by atoms with van der Waals surface area (Å²) in [5.41, 5.74) is 1.22. The number of ether oxygens (including phenoxy) is 10. The normalized spacial score (nSPS) is 19.9. The van der Waals surface area contributed by atoms with Crippen molar-refractivity contribution in [2.75, 3.05) is 66.1 Å². The van der Waals surface area contributed by atoms with Crippen LogP contribution in [0, 0.1) is 11.8 Å². The topological polar surface area (TPSA) is 126 Å². The standard InChI is InChI=1S/C58H52Cl4O12/c1-37-53-51(57(73-37,39-3-11-43(59)12-4-39)40-5-13-44(60)14-6-40)35-65-27-29-67-47-19-21-48(22-20-47)68-30-28-66-36-52-54(56(64)72-34-32-70-50-25-23-49(24-26-50)69-31-33-71-55(53)63)38(2)74-58(52,41-7-15-45(61)16-8-41)42-9-17-46(62)18-10-42/h3-26,51-52H,27-36H2,1-2H3. The van der Waals surface area contributed by atoms with Crippen LogP contribution in [-0.2, 0) is 49.2 Å². The summed E-state index contributed by atoms with van der Waals surface area (Å²) in [4.78, 5) is 28.3. The summed E-state index contributed by atoms with van der Waals surface area (Å²) >= 11 is 25.5. The van der Waals surface area contributed by atoms with Crippen molar-refractivity contribution in [1.29, 1.82) is 0 Å². The van der Waals surface area contributed by atoms with Gasteiger partial charge in [-0.15, -0.1) is 0 Å². The fraction of sp³-hybridized carbons (Fsp3) is 0.276. The van der Waals surface area contributed by atoms with Crippen molar-refractivity contribution in [2.24, 2.45) is 11.8 Å². The second-order valence-corrected chi connectivity index (χ2v) is 19.3. The molecule has 12 nitrogen and oxygen atoms in total. The summed E-state index contributed by atoms with van der Waals surface area (Å²) in [6, 6.07) is 43.4. The molecular weight excluding hydrogens is 1030 g/mol. The van der Waals surface area contributed by atoms with E-state index in [0.717, 1.165) is 22.3 Å². The largest absolute Gasteiger partial charge is 0.491 e. The lowest BCUT2D eigenvalue weighted by molar-refractivity contribution is -0.141.